The third-order valence-corrected chi connectivity index (χ3v) is 3.88. The van der Waals surface area contributed by atoms with E-state index in [4.69, 9.17) is 5.73 Å². The number of nitrogens with two attached hydrogens (primary N) is 1. The van der Waals surface area contributed by atoms with Gasteiger partial charge < -0.3 is 11.1 Å². The molecule has 3 N–H and O–H groups in total. The van der Waals surface area contributed by atoms with Crippen LogP contribution in [0, 0.1) is 24.6 Å². The van der Waals surface area contributed by atoms with Crippen LogP contribution in [0.3, 0.4) is 0 Å². The largest absolute Gasteiger partial charge is 0.399 e. The number of carbonyl (C=O) groups is 1. The van der Waals surface area contributed by atoms with Gasteiger partial charge in [-0.15, -0.1) is 0 Å². The standard InChI is InChI=1S/C15H21FN2O/c1-9-3-4-11(5-9)8-18-15(19)13-7-12(17)6-10(2)14(13)16/h6-7,9,11H,3-5,8,17H2,1-2H3,(H,18,19). The van der Waals surface area contributed by atoms with E-state index in [0.29, 0.717) is 23.7 Å². The zero-order valence-corrected chi connectivity index (χ0v) is 11.5. The number of amides is 1. The van der Waals surface area contributed by atoms with Gasteiger partial charge in [0, 0.05) is 12.2 Å². The molecule has 0 spiro atoms. The number of nitrogen functional groups attached to an aromatic ring is 1. The number of benzene rings is 1. The average Bonchev–Trinajstić information content (AvgIpc) is 2.76. The number of rotatable bonds is 3. The molecule has 0 saturated heterocycles. The maximum atomic E-state index is 13.9. The molecule has 1 aliphatic rings. The van der Waals surface area contributed by atoms with Gasteiger partial charge >= 0.3 is 0 Å². The molecule has 0 aliphatic heterocycles. The van der Waals surface area contributed by atoms with Crippen molar-refractivity contribution in [2.24, 2.45) is 11.8 Å². The van der Waals surface area contributed by atoms with Crippen molar-refractivity contribution in [3.63, 3.8) is 0 Å². The molecule has 4 heteroatoms. The maximum Gasteiger partial charge on any atom is 0.254 e. The summed E-state index contributed by atoms with van der Waals surface area (Å²) in [7, 11) is 0. The summed E-state index contributed by atoms with van der Waals surface area (Å²) in [6.07, 6.45) is 3.49. The minimum absolute atomic E-state index is 0.0449. The van der Waals surface area contributed by atoms with Crippen LogP contribution >= 0.6 is 0 Å². The molecule has 1 aromatic rings. The second-order valence-electron chi connectivity index (χ2n) is 5.69. The van der Waals surface area contributed by atoms with Crippen molar-refractivity contribution < 1.29 is 9.18 Å². The minimum atomic E-state index is -0.480. The molecule has 1 amide bonds. The van der Waals surface area contributed by atoms with E-state index in [2.05, 4.69) is 12.2 Å². The molecule has 1 saturated carbocycles. The fraction of sp³-hybridized carbons (Fsp3) is 0.533. The van der Waals surface area contributed by atoms with Gasteiger partial charge in [-0.3, -0.25) is 4.79 Å². The van der Waals surface area contributed by atoms with Gasteiger partial charge in [-0.25, -0.2) is 4.39 Å². The van der Waals surface area contributed by atoms with Crippen molar-refractivity contribution in [2.75, 3.05) is 12.3 Å². The molecule has 0 heterocycles. The van der Waals surface area contributed by atoms with E-state index in [1.807, 2.05) is 0 Å². The zero-order valence-electron chi connectivity index (χ0n) is 11.5. The third kappa shape index (κ3) is 3.25. The second-order valence-corrected chi connectivity index (χ2v) is 5.69. The Labute approximate surface area is 113 Å². The van der Waals surface area contributed by atoms with Crippen LogP contribution in [0.5, 0.6) is 0 Å². The first-order valence-electron chi connectivity index (χ1n) is 6.81. The summed E-state index contributed by atoms with van der Waals surface area (Å²) in [4.78, 5) is 12.0. The normalized spacial score (nSPS) is 22.5. The molecule has 3 nitrogen and oxygen atoms in total. The summed E-state index contributed by atoms with van der Waals surface area (Å²) >= 11 is 0. The predicted octanol–water partition coefficient (Wildman–Crippen LogP) is 2.88. The van der Waals surface area contributed by atoms with Crippen molar-refractivity contribution in [1.82, 2.24) is 5.32 Å². The van der Waals surface area contributed by atoms with Crippen LogP contribution in [0.25, 0.3) is 0 Å². The third-order valence-electron chi connectivity index (χ3n) is 3.88. The SMILES string of the molecule is Cc1cc(N)cc(C(=O)NCC2CCC(C)C2)c1F. The second kappa shape index (κ2) is 5.59. The summed E-state index contributed by atoms with van der Waals surface area (Å²) in [5.74, 6) is 0.399. The first-order valence-corrected chi connectivity index (χ1v) is 6.81. The fourth-order valence-corrected chi connectivity index (χ4v) is 2.81. The van der Waals surface area contributed by atoms with E-state index in [-0.39, 0.29) is 11.5 Å². The summed E-state index contributed by atoms with van der Waals surface area (Å²) in [5, 5.41) is 2.82. The molecule has 0 radical (unpaired) electrons. The van der Waals surface area contributed by atoms with Gasteiger partial charge in [-0.1, -0.05) is 13.3 Å². The molecular weight excluding hydrogens is 243 g/mol. The van der Waals surface area contributed by atoms with Crippen LogP contribution in [-0.4, -0.2) is 12.5 Å². The number of anilines is 1. The van der Waals surface area contributed by atoms with E-state index < -0.39 is 5.82 Å². The Hall–Kier alpha value is -1.58. The molecular formula is C15H21FN2O. The lowest BCUT2D eigenvalue weighted by Crippen LogP contribution is -2.29. The molecule has 104 valence electrons. The maximum absolute atomic E-state index is 13.9. The monoisotopic (exact) mass is 264 g/mol. The topological polar surface area (TPSA) is 55.1 Å². The number of carbonyl (C=O) groups excluding carboxylic acids is 1. The van der Waals surface area contributed by atoms with Crippen LogP contribution in [0.15, 0.2) is 12.1 Å². The Morgan fingerprint density at radius 3 is 2.84 bits per heavy atom. The Bertz CT molecular complexity index is 487. The van der Waals surface area contributed by atoms with Crippen molar-refractivity contribution >= 4 is 11.6 Å². The number of hydrogen-bond donors (Lipinski definition) is 2. The van der Waals surface area contributed by atoms with Crippen molar-refractivity contribution in [3.05, 3.63) is 29.1 Å². The van der Waals surface area contributed by atoms with Gasteiger partial charge in [0.2, 0.25) is 0 Å². The van der Waals surface area contributed by atoms with Crippen LogP contribution < -0.4 is 11.1 Å². The highest BCUT2D eigenvalue weighted by atomic mass is 19.1. The first-order chi connectivity index (χ1) is 8.97. The highest BCUT2D eigenvalue weighted by Crippen LogP contribution is 2.29. The van der Waals surface area contributed by atoms with E-state index >= 15 is 0 Å². The van der Waals surface area contributed by atoms with Crippen LogP contribution in [0.2, 0.25) is 0 Å². The number of aryl methyl sites for hydroxylation is 1. The average molecular weight is 264 g/mol. The summed E-state index contributed by atoms with van der Waals surface area (Å²) in [5.41, 5.74) is 6.52. The number of halogens is 1. The predicted molar refractivity (Wildman–Crippen MR) is 74.4 cm³/mol. The minimum Gasteiger partial charge on any atom is -0.399 e. The van der Waals surface area contributed by atoms with Gasteiger partial charge in [0.15, 0.2) is 0 Å². The molecule has 2 atom stereocenters. The Balaban J connectivity index is 2.00. The lowest BCUT2D eigenvalue weighted by molar-refractivity contribution is 0.0943. The van der Waals surface area contributed by atoms with Gasteiger partial charge in [0.1, 0.15) is 5.82 Å². The van der Waals surface area contributed by atoms with Crippen LogP contribution in [-0.2, 0) is 0 Å². The van der Waals surface area contributed by atoms with Gasteiger partial charge in [-0.05, 0) is 49.3 Å². The lowest BCUT2D eigenvalue weighted by atomic mass is 10.1. The number of hydrogen-bond acceptors (Lipinski definition) is 2. The highest BCUT2D eigenvalue weighted by molar-refractivity contribution is 5.95. The summed E-state index contributed by atoms with van der Waals surface area (Å²) < 4.78 is 13.9. The molecule has 1 aromatic carbocycles. The van der Waals surface area contributed by atoms with Crippen molar-refractivity contribution in [2.45, 2.75) is 33.1 Å². The Morgan fingerprint density at radius 2 is 2.21 bits per heavy atom. The quantitative estimate of drug-likeness (QED) is 0.825. The van der Waals surface area contributed by atoms with E-state index in [1.165, 1.54) is 18.6 Å². The molecule has 19 heavy (non-hydrogen) atoms. The van der Waals surface area contributed by atoms with Crippen LogP contribution in [0.4, 0.5) is 10.1 Å². The van der Waals surface area contributed by atoms with Crippen molar-refractivity contribution in [1.29, 1.82) is 0 Å². The highest BCUT2D eigenvalue weighted by Gasteiger charge is 2.22. The number of nitrogens with one attached hydrogen (secondary N) is 1. The van der Waals surface area contributed by atoms with E-state index in [9.17, 15) is 9.18 Å². The summed E-state index contributed by atoms with van der Waals surface area (Å²) in [6.45, 7) is 4.46. The van der Waals surface area contributed by atoms with E-state index in [1.54, 1.807) is 6.92 Å². The molecule has 2 unspecified atom stereocenters. The summed E-state index contributed by atoms with van der Waals surface area (Å²) in [6, 6.07) is 2.93. The molecule has 0 bridgehead atoms. The molecule has 1 aliphatic carbocycles. The fourth-order valence-electron chi connectivity index (χ4n) is 2.81. The first kappa shape index (κ1) is 13.8. The smallest absolute Gasteiger partial charge is 0.254 e. The van der Waals surface area contributed by atoms with Gasteiger partial charge in [0.05, 0.1) is 5.56 Å². The Morgan fingerprint density at radius 1 is 1.47 bits per heavy atom. The van der Waals surface area contributed by atoms with Crippen LogP contribution in [0.1, 0.15) is 42.1 Å². The van der Waals surface area contributed by atoms with Gasteiger partial charge in [-0.2, -0.15) is 0 Å². The molecule has 1 fully saturated rings. The van der Waals surface area contributed by atoms with E-state index in [0.717, 1.165) is 18.8 Å². The Kier molecular flexibility index (Phi) is 4.08. The molecule has 0 aromatic heterocycles. The lowest BCUT2D eigenvalue weighted by Gasteiger charge is -2.12. The van der Waals surface area contributed by atoms with Gasteiger partial charge in [0.25, 0.3) is 5.91 Å². The van der Waals surface area contributed by atoms with Crippen molar-refractivity contribution in [3.8, 4) is 0 Å². The zero-order chi connectivity index (χ0) is 14.0. The molecule has 2 rings (SSSR count).